The summed E-state index contributed by atoms with van der Waals surface area (Å²) in [5.74, 6) is -1.03. The maximum atomic E-state index is 10.9. The fourth-order valence-corrected chi connectivity index (χ4v) is 1.94. The largest absolute Gasteiger partial charge is 0.477 e. The van der Waals surface area contributed by atoms with Gasteiger partial charge in [0.2, 0.25) is 0 Å². The first-order chi connectivity index (χ1) is 8.15. The summed E-state index contributed by atoms with van der Waals surface area (Å²) in [6.07, 6.45) is 1.52. The molecule has 0 bridgehead atoms. The number of carboxylic acids is 1. The number of rotatable bonds is 1. The zero-order valence-corrected chi connectivity index (χ0v) is 8.77. The van der Waals surface area contributed by atoms with Crippen LogP contribution in [0.25, 0.3) is 21.8 Å². The molecular weight excluding hydrogens is 218 g/mol. The summed E-state index contributed by atoms with van der Waals surface area (Å²) in [5.41, 5.74) is 8.07. The molecule has 3 rings (SSSR count). The molecule has 0 saturated carbocycles. The minimum absolute atomic E-state index is 0.0372. The molecule has 84 valence electrons. The van der Waals surface area contributed by atoms with Crippen LogP contribution in [-0.2, 0) is 0 Å². The molecule has 0 radical (unpaired) electrons. The van der Waals surface area contributed by atoms with Crippen LogP contribution in [0.2, 0.25) is 0 Å². The summed E-state index contributed by atoms with van der Waals surface area (Å²) in [6.45, 7) is 0. The molecule has 4 N–H and O–H groups in total. The van der Waals surface area contributed by atoms with Crippen molar-refractivity contribution in [2.75, 3.05) is 5.73 Å². The second-order valence-corrected chi connectivity index (χ2v) is 3.85. The number of carbonyl (C=O) groups is 1. The first kappa shape index (κ1) is 9.65. The van der Waals surface area contributed by atoms with Gasteiger partial charge >= 0.3 is 5.97 Å². The van der Waals surface area contributed by atoms with Gasteiger partial charge in [0.05, 0.1) is 11.7 Å². The van der Waals surface area contributed by atoms with E-state index in [1.807, 2.05) is 12.1 Å². The fourth-order valence-electron chi connectivity index (χ4n) is 1.94. The molecule has 0 aliphatic carbocycles. The Bertz CT molecular complexity index is 746. The zero-order valence-electron chi connectivity index (χ0n) is 8.77. The molecule has 0 fully saturated rings. The predicted molar refractivity (Wildman–Crippen MR) is 65.0 cm³/mol. The molecular formula is C12H9N3O2. The Morgan fingerprint density at radius 2 is 2.06 bits per heavy atom. The Labute approximate surface area is 95.9 Å². The van der Waals surface area contributed by atoms with Crippen LogP contribution in [-0.4, -0.2) is 21.0 Å². The van der Waals surface area contributed by atoms with E-state index in [4.69, 9.17) is 10.8 Å². The van der Waals surface area contributed by atoms with Crippen LogP contribution in [0.3, 0.4) is 0 Å². The SMILES string of the molecule is Nc1ccc2c(c1)[nH]c1cnc(C(=O)O)cc12. The van der Waals surface area contributed by atoms with Crippen molar-refractivity contribution in [3.8, 4) is 0 Å². The van der Waals surface area contributed by atoms with Gasteiger partial charge in [0.15, 0.2) is 0 Å². The normalized spacial score (nSPS) is 11.1. The molecule has 0 aliphatic rings. The summed E-state index contributed by atoms with van der Waals surface area (Å²) in [4.78, 5) is 17.9. The average Bonchev–Trinajstić information content (AvgIpc) is 2.64. The highest BCUT2D eigenvalue weighted by atomic mass is 16.4. The number of anilines is 1. The molecule has 2 heterocycles. The Morgan fingerprint density at radius 1 is 1.24 bits per heavy atom. The van der Waals surface area contributed by atoms with E-state index < -0.39 is 5.97 Å². The molecule has 0 amide bonds. The Kier molecular flexibility index (Phi) is 1.82. The smallest absolute Gasteiger partial charge is 0.354 e. The van der Waals surface area contributed by atoms with E-state index in [1.165, 1.54) is 6.20 Å². The van der Waals surface area contributed by atoms with Crippen molar-refractivity contribution in [2.24, 2.45) is 0 Å². The molecule has 0 spiro atoms. The van der Waals surface area contributed by atoms with E-state index in [0.29, 0.717) is 5.69 Å². The van der Waals surface area contributed by atoms with Gasteiger partial charge in [-0.15, -0.1) is 0 Å². The van der Waals surface area contributed by atoms with Gasteiger partial charge in [-0.25, -0.2) is 9.78 Å². The molecule has 3 aromatic rings. The molecule has 17 heavy (non-hydrogen) atoms. The van der Waals surface area contributed by atoms with Crippen LogP contribution in [0, 0.1) is 0 Å². The Hall–Kier alpha value is -2.56. The topological polar surface area (TPSA) is 92.0 Å². The monoisotopic (exact) mass is 227 g/mol. The van der Waals surface area contributed by atoms with Crippen molar-refractivity contribution in [3.63, 3.8) is 0 Å². The van der Waals surface area contributed by atoms with Crippen molar-refractivity contribution in [2.45, 2.75) is 0 Å². The first-order valence-electron chi connectivity index (χ1n) is 5.05. The number of nitrogens with two attached hydrogens (primary N) is 1. The average molecular weight is 227 g/mol. The van der Waals surface area contributed by atoms with E-state index in [0.717, 1.165) is 21.8 Å². The van der Waals surface area contributed by atoms with Crippen molar-refractivity contribution in [1.29, 1.82) is 0 Å². The molecule has 0 aliphatic heterocycles. The first-order valence-corrected chi connectivity index (χ1v) is 5.05. The van der Waals surface area contributed by atoms with E-state index in [9.17, 15) is 4.79 Å². The zero-order chi connectivity index (χ0) is 12.0. The second kappa shape index (κ2) is 3.21. The van der Waals surface area contributed by atoms with Crippen molar-refractivity contribution in [3.05, 3.63) is 36.2 Å². The summed E-state index contributed by atoms with van der Waals surface area (Å²) in [7, 11) is 0. The van der Waals surface area contributed by atoms with Crippen LogP contribution >= 0.6 is 0 Å². The van der Waals surface area contributed by atoms with Crippen molar-refractivity contribution >= 4 is 33.5 Å². The lowest BCUT2D eigenvalue weighted by Crippen LogP contribution is -1.98. The summed E-state index contributed by atoms with van der Waals surface area (Å²) in [5, 5.41) is 10.7. The third-order valence-electron chi connectivity index (χ3n) is 2.73. The van der Waals surface area contributed by atoms with E-state index in [2.05, 4.69) is 9.97 Å². The molecule has 0 unspecified atom stereocenters. The number of fused-ring (bicyclic) bond motifs is 3. The number of aromatic nitrogens is 2. The molecule has 5 nitrogen and oxygen atoms in total. The molecule has 1 aromatic carbocycles. The highest BCUT2D eigenvalue weighted by molar-refractivity contribution is 6.09. The number of aromatic amines is 1. The van der Waals surface area contributed by atoms with E-state index in [-0.39, 0.29) is 5.69 Å². The number of benzene rings is 1. The van der Waals surface area contributed by atoms with Gasteiger partial charge in [0, 0.05) is 22.0 Å². The molecule has 5 heteroatoms. The highest BCUT2D eigenvalue weighted by Gasteiger charge is 2.09. The third kappa shape index (κ3) is 1.40. The van der Waals surface area contributed by atoms with Gasteiger partial charge in [-0.3, -0.25) is 0 Å². The van der Waals surface area contributed by atoms with E-state index >= 15 is 0 Å². The fraction of sp³-hybridized carbons (Fsp3) is 0. The van der Waals surface area contributed by atoms with Gasteiger partial charge < -0.3 is 15.8 Å². The lowest BCUT2D eigenvalue weighted by Gasteiger charge is -1.94. The Balaban J connectivity index is 2.41. The van der Waals surface area contributed by atoms with Crippen LogP contribution in [0.15, 0.2) is 30.5 Å². The summed E-state index contributed by atoms with van der Waals surface area (Å²) in [6, 6.07) is 7.04. The maximum Gasteiger partial charge on any atom is 0.354 e. The number of H-pyrrole nitrogens is 1. The van der Waals surface area contributed by atoms with Gasteiger partial charge in [-0.2, -0.15) is 0 Å². The van der Waals surface area contributed by atoms with Gasteiger partial charge in [0.25, 0.3) is 0 Å². The van der Waals surface area contributed by atoms with Crippen LogP contribution in [0.5, 0.6) is 0 Å². The Morgan fingerprint density at radius 3 is 2.82 bits per heavy atom. The number of nitrogens with zero attached hydrogens (tertiary/aromatic N) is 1. The van der Waals surface area contributed by atoms with Gasteiger partial charge in [0.1, 0.15) is 5.69 Å². The number of nitrogens with one attached hydrogen (secondary N) is 1. The summed E-state index contributed by atoms with van der Waals surface area (Å²) >= 11 is 0. The summed E-state index contributed by atoms with van der Waals surface area (Å²) < 4.78 is 0. The van der Waals surface area contributed by atoms with Gasteiger partial charge in [-0.05, 0) is 18.2 Å². The van der Waals surface area contributed by atoms with E-state index in [1.54, 1.807) is 12.1 Å². The maximum absolute atomic E-state index is 10.9. The van der Waals surface area contributed by atoms with Crippen LogP contribution in [0.1, 0.15) is 10.5 Å². The number of hydrogen-bond acceptors (Lipinski definition) is 3. The lowest BCUT2D eigenvalue weighted by atomic mass is 10.1. The number of pyridine rings is 1. The third-order valence-corrected chi connectivity index (χ3v) is 2.73. The van der Waals surface area contributed by atoms with Crippen molar-refractivity contribution in [1.82, 2.24) is 9.97 Å². The predicted octanol–water partition coefficient (Wildman–Crippen LogP) is 2.00. The number of aromatic carboxylic acids is 1. The van der Waals surface area contributed by atoms with Gasteiger partial charge in [-0.1, -0.05) is 6.07 Å². The molecule has 0 atom stereocenters. The number of carboxylic acid groups (broad SMARTS) is 1. The quantitative estimate of drug-likeness (QED) is 0.554. The molecule has 0 saturated heterocycles. The lowest BCUT2D eigenvalue weighted by molar-refractivity contribution is 0.0691. The van der Waals surface area contributed by atoms with Crippen molar-refractivity contribution < 1.29 is 9.90 Å². The highest BCUT2D eigenvalue weighted by Crippen LogP contribution is 2.26. The molecule has 2 aromatic heterocycles. The minimum Gasteiger partial charge on any atom is -0.477 e. The number of nitrogen functional groups attached to an aromatic ring is 1. The second-order valence-electron chi connectivity index (χ2n) is 3.85. The van der Waals surface area contributed by atoms with Crippen LogP contribution < -0.4 is 5.73 Å². The number of hydrogen-bond donors (Lipinski definition) is 3. The standard InChI is InChI=1S/C12H9N3O2/c13-6-1-2-7-8-4-10(12(16)17)14-5-11(8)15-9(7)3-6/h1-5,15H,13H2,(H,16,17). The van der Waals surface area contributed by atoms with Crippen LogP contribution in [0.4, 0.5) is 5.69 Å². The minimum atomic E-state index is -1.03.